The molecule has 4 aromatic rings. The van der Waals surface area contributed by atoms with E-state index in [-0.39, 0.29) is 5.75 Å². The van der Waals surface area contributed by atoms with Gasteiger partial charge in [-0.2, -0.15) is 0 Å². The number of rotatable bonds is 5. The molecule has 33 heavy (non-hydrogen) atoms. The summed E-state index contributed by atoms with van der Waals surface area (Å²) in [4.78, 5) is 5.48. The molecule has 5 nitrogen and oxygen atoms in total. The van der Waals surface area contributed by atoms with Gasteiger partial charge in [0.1, 0.15) is 0 Å². The SMILES string of the molecule is Cc1ccc(NSc2ccc(N3CCCS3(=O)=O)cc2Cl)cc1-c1nccc2ccccc12. The Labute approximate surface area is 203 Å². The zero-order chi connectivity index (χ0) is 23.0. The van der Waals surface area contributed by atoms with E-state index in [1.807, 2.05) is 36.5 Å². The van der Waals surface area contributed by atoms with Crippen molar-refractivity contribution in [2.75, 3.05) is 21.3 Å². The third-order valence-electron chi connectivity index (χ3n) is 5.75. The lowest BCUT2D eigenvalue weighted by Gasteiger charge is -2.18. The zero-order valence-electron chi connectivity index (χ0n) is 18.0. The van der Waals surface area contributed by atoms with Gasteiger partial charge in [-0.05, 0) is 72.6 Å². The van der Waals surface area contributed by atoms with Crippen molar-refractivity contribution in [3.8, 4) is 11.3 Å². The van der Waals surface area contributed by atoms with Gasteiger partial charge in [0.05, 0.1) is 22.2 Å². The molecule has 3 aromatic carbocycles. The van der Waals surface area contributed by atoms with Crippen LogP contribution < -0.4 is 9.03 Å². The molecular formula is C25H22ClN3O2S2. The van der Waals surface area contributed by atoms with Crippen LogP contribution in [-0.4, -0.2) is 25.7 Å². The highest BCUT2D eigenvalue weighted by Gasteiger charge is 2.28. The predicted octanol–water partition coefficient (Wildman–Crippen LogP) is 6.52. The highest BCUT2D eigenvalue weighted by molar-refractivity contribution is 8.00. The number of halogens is 1. The molecule has 0 atom stereocenters. The Morgan fingerprint density at radius 2 is 1.91 bits per heavy atom. The molecule has 0 unspecified atom stereocenters. The van der Waals surface area contributed by atoms with Crippen molar-refractivity contribution in [1.82, 2.24) is 4.98 Å². The lowest BCUT2D eigenvalue weighted by Crippen LogP contribution is -2.24. The number of aromatic nitrogens is 1. The number of hydrogen-bond acceptors (Lipinski definition) is 5. The Morgan fingerprint density at radius 3 is 2.70 bits per heavy atom. The zero-order valence-corrected chi connectivity index (χ0v) is 20.3. The van der Waals surface area contributed by atoms with Gasteiger partial charge in [-0.25, -0.2) is 8.42 Å². The highest BCUT2D eigenvalue weighted by Crippen LogP contribution is 2.35. The molecule has 0 aliphatic carbocycles. The molecule has 1 aliphatic heterocycles. The number of aryl methyl sites for hydroxylation is 1. The molecule has 2 heterocycles. The molecule has 1 N–H and O–H groups in total. The summed E-state index contributed by atoms with van der Waals surface area (Å²) in [6.07, 6.45) is 2.48. The van der Waals surface area contributed by atoms with Gasteiger partial charge in [0.25, 0.3) is 0 Å². The third-order valence-corrected chi connectivity index (χ3v) is 8.96. The van der Waals surface area contributed by atoms with Crippen LogP contribution in [0.15, 0.2) is 77.8 Å². The van der Waals surface area contributed by atoms with Gasteiger partial charge in [-0.1, -0.05) is 41.9 Å². The highest BCUT2D eigenvalue weighted by atomic mass is 35.5. The van der Waals surface area contributed by atoms with E-state index in [0.717, 1.165) is 38.2 Å². The summed E-state index contributed by atoms with van der Waals surface area (Å²) in [6.45, 7) is 2.58. The first-order chi connectivity index (χ1) is 15.9. The standard InChI is InChI=1S/C25H22ClN3O2S2/c1-17-7-8-19(15-22(17)25-21-6-3-2-5-18(21)11-12-27-25)28-32-24-10-9-20(16-23(24)26)29-13-4-14-33(29,30)31/h2-3,5-12,15-16,28H,4,13-14H2,1H3. The number of benzene rings is 3. The summed E-state index contributed by atoms with van der Waals surface area (Å²) < 4.78 is 29.2. The average Bonchev–Trinajstić information content (AvgIpc) is 3.17. The van der Waals surface area contributed by atoms with Crippen LogP contribution in [0.1, 0.15) is 12.0 Å². The van der Waals surface area contributed by atoms with E-state index in [1.54, 1.807) is 12.1 Å². The lowest BCUT2D eigenvalue weighted by molar-refractivity contribution is 0.599. The van der Waals surface area contributed by atoms with Crippen LogP contribution in [0.4, 0.5) is 11.4 Å². The lowest BCUT2D eigenvalue weighted by atomic mass is 10.00. The summed E-state index contributed by atoms with van der Waals surface area (Å²) in [5.41, 5.74) is 4.70. The number of anilines is 2. The quantitative estimate of drug-likeness (QED) is 0.319. The third kappa shape index (κ3) is 4.40. The normalized spacial score (nSPS) is 15.2. The fourth-order valence-corrected chi connectivity index (χ4v) is 6.54. The summed E-state index contributed by atoms with van der Waals surface area (Å²) >= 11 is 7.89. The smallest absolute Gasteiger partial charge is 0.235 e. The van der Waals surface area contributed by atoms with Crippen molar-refractivity contribution in [3.05, 3.63) is 83.5 Å². The van der Waals surface area contributed by atoms with Gasteiger partial charge in [0.15, 0.2) is 0 Å². The molecule has 1 saturated heterocycles. The van der Waals surface area contributed by atoms with Crippen LogP contribution in [0.3, 0.4) is 0 Å². The van der Waals surface area contributed by atoms with E-state index in [2.05, 4.69) is 40.9 Å². The summed E-state index contributed by atoms with van der Waals surface area (Å²) in [7, 11) is -3.23. The van der Waals surface area contributed by atoms with E-state index in [0.29, 0.717) is 23.7 Å². The van der Waals surface area contributed by atoms with Gasteiger partial charge >= 0.3 is 0 Å². The summed E-state index contributed by atoms with van der Waals surface area (Å²) in [6, 6.07) is 21.8. The minimum absolute atomic E-state index is 0.185. The molecule has 1 aromatic heterocycles. The van der Waals surface area contributed by atoms with Gasteiger partial charge in [0.2, 0.25) is 10.0 Å². The van der Waals surface area contributed by atoms with Crippen LogP contribution in [0.25, 0.3) is 22.0 Å². The molecule has 8 heteroatoms. The predicted molar refractivity (Wildman–Crippen MR) is 139 cm³/mol. The van der Waals surface area contributed by atoms with E-state index in [1.165, 1.54) is 16.3 Å². The van der Waals surface area contributed by atoms with Gasteiger partial charge in [-0.15, -0.1) is 0 Å². The first-order valence-corrected chi connectivity index (χ1v) is 13.4. The number of fused-ring (bicyclic) bond motifs is 1. The molecule has 5 rings (SSSR count). The molecule has 1 aliphatic rings. The minimum Gasteiger partial charge on any atom is -0.326 e. The van der Waals surface area contributed by atoms with Crippen molar-refractivity contribution in [2.45, 2.75) is 18.2 Å². The number of nitrogens with one attached hydrogen (secondary N) is 1. The van der Waals surface area contributed by atoms with Crippen molar-refractivity contribution in [3.63, 3.8) is 0 Å². The maximum atomic E-state index is 12.2. The molecule has 1 fully saturated rings. The molecule has 0 amide bonds. The fourth-order valence-electron chi connectivity index (χ4n) is 4.05. The van der Waals surface area contributed by atoms with E-state index in [4.69, 9.17) is 11.6 Å². The topological polar surface area (TPSA) is 62.3 Å². The van der Waals surface area contributed by atoms with Crippen molar-refractivity contribution in [2.24, 2.45) is 0 Å². The van der Waals surface area contributed by atoms with Gasteiger partial charge in [0, 0.05) is 34.3 Å². The molecule has 0 bridgehead atoms. The maximum Gasteiger partial charge on any atom is 0.235 e. The van der Waals surface area contributed by atoms with Gasteiger partial charge in [-0.3, -0.25) is 9.29 Å². The molecular weight excluding hydrogens is 474 g/mol. The van der Waals surface area contributed by atoms with Crippen molar-refractivity contribution in [1.29, 1.82) is 0 Å². The maximum absolute atomic E-state index is 12.2. The Kier molecular flexibility index (Phi) is 5.95. The second kappa shape index (κ2) is 8.89. The second-order valence-corrected chi connectivity index (χ2v) is 11.2. The van der Waals surface area contributed by atoms with Crippen LogP contribution in [0, 0.1) is 6.92 Å². The molecule has 168 valence electrons. The Bertz CT molecular complexity index is 1450. The first-order valence-electron chi connectivity index (χ1n) is 10.6. The van der Waals surface area contributed by atoms with E-state index >= 15 is 0 Å². The van der Waals surface area contributed by atoms with E-state index in [9.17, 15) is 8.42 Å². The van der Waals surface area contributed by atoms with Crippen LogP contribution in [0.5, 0.6) is 0 Å². The van der Waals surface area contributed by atoms with Crippen LogP contribution in [-0.2, 0) is 10.0 Å². The number of nitrogens with zero attached hydrogens (tertiary/aromatic N) is 2. The fraction of sp³-hybridized carbons (Fsp3) is 0.160. The molecule has 0 spiro atoms. The Morgan fingerprint density at radius 1 is 1.06 bits per heavy atom. The van der Waals surface area contributed by atoms with Crippen LogP contribution >= 0.6 is 23.5 Å². The number of sulfonamides is 1. The number of hydrogen-bond donors (Lipinski definition) is 1. The number of pyridine rings is 1. The summed E-state index contributed by atoms with van der Waals surface area (Å²) in [5, 5.41) is 2.78. The van der Waals surface area contributed by atoms with E-state index < -0.39 is 10.0 Å². The average molecular weight is 496 g/mol. The van der Waals surface area contributed by atoms with Crippen molar-refractivity contribution < 1.29 is 8.42 Å². The minimum atomic E-state index is -3.23. The second-order valence-electron chi connectivity index (χ2n) is 7.97. The largest absolute Gasteiger partial charge is 0.326 e. The Balaban J connectivity index is 1.39. The van der Waals surface area contributed by atoms with Gasteiger partial charge < -0.3 is 4.72 Å². The Hall–Kier alpha value is -2.74. The monoisotopic (exact) mass is 495 g/mol. The molecule has 0 saturated carbocycles. The van der Waals surface area contributed by atoms with Crippen molar-refractivity contribution >= 4 is 55.7 Å². The molecule has 0 radical (unpaired) electrons. The summed E-state index contributed by atoms with van der Waals surface area (Å²) in [5.74, 6) is 0.185. The first kappa shape index (κ1) is 22.1. The van der Waals surface area contributed by atoms with Crippen LogP contribution in [0.2, 0.25) is 5.02 Å².